The van der Waals surface area contributed by atoms with Gasteiger partial charge in [-0.25, -0.2) is 0 Å². The summed E-state index contributed by atoms with van der Waals surface area (Å²) in [5.41, 5.74) is 8.16. The molecule has 3 atom stereocenters. The third kappa shape index (κ3) is 12.2. The predicted molar refractivity (Wildman–Crippen MR) is 243 cm³/mol. The number of benzene rings is 4. The molecule has 0 radical (unpaired) electrons. The second-order valence-corrected chi connectivity index (χ2v) is 18.9. The molecule has 0 spiro atoms. The van der Waals surface area contributed by atoms with Gasteiger partial charge in [-0.2, -0.15) is 0 Å². The Kier molecular flexibility index (Phi) is 18.1. The number of rotatable bonds is 24. The van der Waals surface area contributed by atoms with Crippen LogP contribution in [0, 0.1) is 0 Å². The summed E-state index contributed by atoms with van der Waals surface area (Å²) in [6.45, 7) is 20.6. The van der Waals surface area contributed by atoms with Crippen molar-refractivity contribution < 1.29 is 9.47 Å². The van der Waals surface area contributed by atoms with Gasteiger partial charge < -0.3 is 9.47 Å². The molecule has 0 bridgehead atoms. The summed E-state index contributed by atoms with van der Waals surface area (Å²) in [4.78, 5) is 0. The second kappa shape index (κ2) is 22.2. The molecule has 4 aromatic rings. The zero-order valence-electron chi connectivity index (χ0n) is 35.4. The Labute approximate surface area is 334 Å². The molecule has 4 rings (SSSR count). The van der Waals surface area contributed by atoms with Crippen molar-refractivity contribution in [3.63, 3.8) is 0 Å². The Bertz CT molecular complexity index is 1670. The lowest BCUT2D eigenvalue weighted by molar-refractivity contribution is 0.152. The van der Waals surface area contributed by atoms with Crippen molar-refractivity contribution >= 4 is 27.8 Å². The zero-order chi connectivity index (χ0) is 39.0. The molecule has 0 aliphatic carbocycles. The third-order valence-electron chi connectivity index (χ3n) is 11.6. The van der Waals surface area contributed by atoms with Crippen LogP contribution in [0.15, 0.2) is 84.9 Å². The Morgan fingerprint density at radius 3 is 1.35 bits per heavy atom. The Hall–Kier alpha value is -2.66. The maximum Gasteiger partial charge on any atom is 0.128 e. The van der Waals surface area contributed by atoms with Crippen LogP contribution in [0.5, 0.6) is 11.5 Å². The monoisotopic (exact) mass is 767 g/mol. The number of ether oxygens (including phenoxy) is 2. The largest absolute Gasteiger partial charge is 0.483 e. The normalized spacial score (nSPS) is 13.0. The van der Waals surface area contributed by atoms with Gasteiger partial charge in [0, 0.05) is 0 Å². The number of unbranched alkanes of at least 4 members (excludes halogenated alkanes) is 3. The van der Waals surface area contributed by atoms with Gasteiger partial charge in [-0.1, -0.05) is 154 Å². The highest BCUT2D eigenvalue weighted by molar-refractivity contribution is 7.49. The average Bonchev–Trinajstić information content (AvgIpc) is 3.21. The molecule has 4 aromatic carbocycles. The molecular formula is C50H72O2P2. The van der Waals surface area contributed by atoms with Crippen LogP contribution in [0.2, 0.25) is 0 Å². The molecular weight excluding hydrogens is 694 g/mol. The van der Waals surface area contributed by atoms with Crippen molar-refractivity contribution in [3.05, 3.63) is 107 Å². The van der Waals surface area contributed by atoms with Gasteiger partial charge in [0.25, 0.3) is 0 Å². The number of hydrogen-bond donors (Lipinski definition) is 0. The molecule has 0 heterocycles. The van der Waals surface area contributed by atoms with E-state index in [9.17, 15) is 0 Å². The van der Waals surface area contributed by atoms with E-state index in [1.54, 1.807) is 0 Å². The Balaban J connectivity index is 1.48. The molecule has 294 valence electrons. The second-order valence-electron chi connectivity index (χ2n) is 15.4. The predicted octanol–water partition coefficient (Wildman–Crippen LogP) is 14.7. The topological polar surface area (TPSA) is 18.5 Å². The fourth-order valence-corrected chi connectivity index (χ4v) is 10.0. The summed E-state index contributed by atoms with van der Waals surface area (Å²) in [5, 5.41) is 2.31. The third-order valence-corrected chi connectivity index (χ3v) is 15.3. The molecule has 0 saturated heterocycles. The summed E-state index contributed by atoms with van der Waals surface area (Å²) in [6, 6.07) is 32.5. The highest BCUT2D eigenvalue weighted by atomic mass is 31.1. The fourth-order valence-electron chi connectivity index (χ4n) is 7.27. The van der Waals surface area contributed by atoms with Gasteiger partial charge >= 0.3 is 0 Å². The molecule has 0 fully saturated rings. The van der Waals surface area contributed by atoms with Gasteiger partial charge in [-0.3, -0.25) is 0 Å². The van der Waals surface area contributed by atoms with Crippen molar-refractivity contribution in [1.82, 2.24) is 0 Å². The van der Waals surface area contributed by atoms with Crippen LogP contribution in [0.3, 0.4) is 0 Å². The summed E-state index contributed by atoms with van der Waals surface area (Å²) in [5.74, 6) is 2.75. The molecule has 4 heteroatoms. The highest BCUT2D eigenvalue weighted by Crippen LogP contribution is 2.43. The molecule has 0 aliphatic heterocycles. The standard InChI is InChI=1S/C50H72O2P2/c1-10-18-21-39-24-34-47(43(36-39)22-19-11-2)51-49(14-5,15-6)53-45-30-25-40(26-31-45)41-27-32-46(33-28-41)54-50(16-7,17-8)52-48-35-29-42(38(9)13-4)37-44(48)23-20-12-3/h24-38,53-54H,10-23H2,1-9H3. The van der Waals surface area contributed by atoms with E-state index in [4.69, 9.17) is 9.47 Å². The molecule has 54 heavy (non-hydrogen) atoms. The zero-order valence-corrected chi connectivity index (χ0v) is 37.4. The molecule has 3 unspecified atom stereocenters. The maximum atomic E-state index is 7.07. The lowest BCUT2D eigenvalue weighted by Crippen LogP contribution is -2.32. The first-order chi connectivity index (χ1) is 26.2. The smallest absolute Gasteiger partial charge is 0.128 e. The van der Waals surface area contributed by atoms with Crippen molar-refractivity contribution in [2.75, 3.05) is 0 Å². The Morgan fingerprint density at radius 1 is 0.500 bits per heavy atom. The van der Waals surface area contributed by atoms with Crippen LogP contribution in [-0.4, -0.2) is 10.7 Å². The first-order valence-corrected chi connectivity index (χ1v) is 23.6. The van der Waals surface area contributed by atoms with E-state index in [1.807, 2.05) is 0 Å². The molecule has 0 aromatic heterocycles. The van der Waals surface area contributed by atoms with Gasteiger partial charge in [-0.05, 0) is 150 Å². The molecule has 0 amide bonds. The molecule has 0 aliphatic rings. The van der Waals surface area contributed by atoms with Crippen LogP contribution >= 0.6 is 17.2 Å². The van der Waals surface area contributed by atoms with E-state index in [0.717, 1.165) is 62.9 Å². The molecule has 0 N–H and O–H groups in total. The van der Waals surface area contributed by atoms with Crippen LogP contribution in [0.4, 0.5) is 0 Å². The van der Waals surface area contributed by atoms with Crippen molar-refractivity contribution in [1.29, 1.82) is 0 Å². The summed E-state index contributed by atoms with van der Waals surface area (Å²) in [7, 11) is 1.16. The minimum Gasteiger partial charge on any atom is -0.483 e. The van der Waals surface area contributed by atoms with E-state index in [2.05, 4.69) is 147 Å². The van der Waals surface area contributed by atoms with Crippen LogP contribution in [0.25, 0.3) is 11.1 Å². The summed E-state index contributed by atoms with van der Waals surface area (Å²) < 4.78 is 14.1. The molecule has 2 nitrogen and oxygen atoms in total. The minimum atomic E-state index is -0.204. The van der Waals surface area contributed by atoms with Gasteiger partial charge in [0.15, 0.2) is 0 Å². The minimum absolute atomic E-state index is 0.199. The summed E-state index contributed by atoms with van der Waals surface area (Å²) >= 11 is 0. The number of aryl methyl sites for hydroxylation is 3. The summed E-state index contributed by atoms with van der Waals surface area (Å²) in [6.07, 6.45) is 15.7. The fraction of sp³-hybridized carbons (Fsp3) is 0.520. The van der Waals surface area contributed by atoms with E-state index in [1.165, 1.54) is 82.5 Å². The van der Waals surface area contributed by atoms with E-state index < -0.39 is 0 Å². The average molecular weight is 767 g/mol. The highest BCUT2D eigenvalue weighted by Gasteiger charge is 2.31. The van der Waals surface area contributed by atoms with Crippen molar-refractivity contribution in [3.8, 4) is 22.6 Å². The van der Waals surface area contributed by atoms with Crippen molar-refractivity contribution in [2.24, 2.45) is 0 Å². The van der Waals surface area contributed by atoms with Crippen LogP contribution < -0.4 is 20.1 Å². The van der Waals surface area contributed by atoms with Crippen molar-refractivity contribution in [2.45, 2.75) is 169 Å². The van der Waals surface area contributed by atoms with Crippen LogP contribution in [0.1, 0.15) is 161 Å². The lowest BCUT2D eigenvalue weighted by Gasteiger charge is -2.34. The first-order valence-electron chi connectivity index (χ1n) is 21.6. The van der Waals surface area contributed by atoms with Crippen LogP contribution in [-0.2, 0) is 19.3 Å². The molecule has 0 saturated carbocycles. The lowest BCUT2D eigenvalue weighted by atomic mass is 9.95. The van der Waals surface area contributed by atoms with E-state index in [-0.39, 0.29) is 10.7 Å². The number of hydrogen-bond acceptors (Lipinski definition) is 2. The van der Waals surface area contributed by atoms with Gasteiger partial charge in [0.1, 0.15) is 22.2 Å². The van der Waals surface area contributed by atoms with Gasteiger partial charge in [0.2, 0.25) is 0 Å². The Morgan fingerprint density at radius 2 is 0.926 bits per heavy atom. The van der Waals surface area contributed by atoms with E-state index in [0.29, 0.717) is 23.1 Å². The quantitative estimate of drug-likeness (QED) is 0.0661. The maximum absolute atomic E-state index is 7.07. The van der Waals surface area contributed by atoms with Gasteiger partial charge in [-0.15, -0.1) is 0 Å². The van der Waals surface area contributed by atoms with E-state index >= 15 is 0 Å². The SMILES string of the molecule is CCCCc1ccc(OC(CC)(CC)Pc2ccc(-c3ccc(PC(CC)(CC)Oc4ccc(C(C)CC)cc4CCCC)cc3)cc2)c(CCCC)c1. The van der Waals surface area contributed by atoms with Gasteiger partial charge in [0.05, 0.1) is 0 Å². The first kappa shape index (κ1) is 44.1.